The number of carbonyl (C=O) groups is 1. The lowest BCUT2D eigenvalue weighted by molar-refractivity contribution is -0.384. The summed E-state index contributed by atoms with van der Waals surface area (Å²) < 4.78 is 26.4. The molecule has 2 aromatic heterocycles. The van der Waals surface area contributed by atoms with Gasteiger partial charge in [0.25, 0.3) is 11.6 Å². The standard InChI is InChI=1S/C18H18N4O5S3/c1-3-21(4-2)30(26,27)14-7-5-12(6-8-14)17(23)20-18-19-15(11-29-18)16-9-13(10-28-16)22(24)25/h5-11H,3-4H2,1-2H3,(H,19,20,23). The maximum absolute atomic E-state index is 12.5. The first-order valence-corrected chi connectivity index (χ1v) is 12.1. The minimum absolute atomic E-state index is 0.00617. The molecular formula is C18H18N4O5S3. The van der Waals surface area contributed by atoms with Crippen molar-refractivity contribution in [2.45, 2.75) is 18.7 Å². The third-order valence-corrected chi connectivity index (χ3v) is 8.00. The first-order chi connectivity index (χ1) is 14.3. The van der Waals surface area contributed by atoms with E-state index in [1.807, 2.05) is 0 Å². The van der Waals surface area contributed by atoms with E-state index in [9.17, 15) is 23.3 Å². The van der Waals surface area contributed by atoms with E-state index in [0.29, 0.717) is 28.8 Å². The molecule has 0 aliphatic rings. The van der Waals surface area contributed by atoms with Gasteiger partial charge in [0.05, 0.1) is 25.8 Å². The zero-order chi connectivity index (χ0) is 21.9. The topological polar surface area (TPSA) is 123 Å². The Labute approximate surface area is 181 Å². The summed E-state index contributed by atoms with van der Waals surface area (Å²) in [7, 11) is -3.59. The molecule has 30 heavy (non-hydrogen) atoms. The molecule has 3 aromatic rings. The van der Waals surface area contributed by atoms with Gasteiger partial charge in [-0.3, -0.25) is 20.2 Å². The van der Waals surface area contributed by atoms with Crippen LogP contribution in [0.3, 0.4) is 0 Å². The number of nitrogens with zero attached hydrogens (tertiary/aromatic N) is 3. The quantitative estimate of drug-likeness (QED) is 0.394. The highest BCUT2D eigenvalue weighted by molar-refractivity contribution is 7.89. The van der Waals surface area contributed by atoms with Crippen LogP contribution >= 0.6 is 22.7 Å². The van der Waals surface area contributed by atoms with Crippen LogP contribution in [0.25, 0.3) is 10.6 Å². The molecule has 0 aliphatic heterocycles. The molecule has 0 bridgehead atoms. The van der Waals surface area contributed by atoms with Crippen LogP contribution in [0.2, 0.25) is 0 Å². The summed E-state index contributed by atoms with van der Waals surface area (Å²) in [5, 5.41) is 16.9. The van der Waals surface area contributed by atoms with E-state index >= 15 is 0 Å². The van der Waals surface area contributed by atoms with Gasteiger partial charge in [0, 0.05) is 30.1 Å². The summed E-state index contributed by atoms with van der Waals surface area (Å²) in [5.41, 5.74) is 0.819. The average molecular weight is 467 g/mol. The molecule has 3 rings (SSSR count). The van der Waals surface area contributed by atoms with Gasteiger partial charge in [0.15, 0.2) is 5.13 Å². The van der Waals surface area contributed by atoms with Crippen molar-refractivity contribution in [3.63, 3.8) is 0 Å². The van der Waals surface area contributed by atoms with Crippen molar-refractivity contribution in [2.24, 2.45) is 0 Å². The number of thiophene rings is 1. The number of rotatable bonds is 8. The molecule has 0 fully saturated rings. The second-order valence-electron chi connectivity index (χ2n) is 6.03. The Hall–Kier alpha value is -2.67. The SMILES string of the molecule is CCN(CC)S(=O)(=O)c1ccc(C(=O)Nc2nc(-c3cc([N+](=O)[O-])cs3)cs2)cc1. The molecule has 0 radical (unpaired) electrons. The fourth-order valence-electron chi connectivity index (χ4n) is 2.66. The molecule has 0 spiro atoms. The van der Waals surface area contributed by atoms with Gasteiger partial charge >= 0.3 is 0 Å². The van der Waals surface area contributed by atoms with Crippen molar-refractivity contribution < 1.29 is 18.1 Å². The Balaban J connectivity index is 1.72. The van der Waals surface area contributed by atoms with Gasteiger partial charge in [0.1, 0.15) is 0 Å². The van der Waals surface area contributed by atoms with E-state index in [0.717, 1.165) is 0 Å². The molecule has 0 saturated heterocycles. The first kappa shape index (κ1) is 22.0. The Kier molecular flexibility index (Phi) is 6.61. The number of anilines is 1. The van der Waals surface area contributed by atoms with Crippen LogP contribution in [-0.2, 0) is 10.0 Å². The Morgan fingerprint density at radius 3 is 2.40 bits per heavy atom. The molecule has 0 unspecified atom stereocenters. The van der Waals surface area contributed by atoms with Crippen molar-refractivity contribution >= 4 is 49.4 Å². The van der Waals surface area contributed by atoms with Crippen LogP contribution in [0.15, 0.2) is 46.0 Å². The number of carbonyl (C=O) groups excluding carboxylic acids is 1. The lowest BCUT2D eigenvalue weighted by atomic mass is 10.2. The van der Waals surface area contributed by atoms with Crippen LogP contribution in [0.4, 0.5) is 10.8 Å². The van der Waals surface area contributed by atoms with E-state index in [-0.39, 0.29) is 16.1 Å². The van der Waals surface area contributed by atoms with Gasteiger partial charge in [-0.2, -0.15) is 4.31 Å². The normalized spacial score (nSPS) is 11.6. The number of thiazole rings is 1. The van der Waals surface area contributed by atoms with Gasteiger partial charge < -0.3 is 0 Å². The van der Waals surface area contributed by atoms with Crippen molar-refractivity contribution in [2.75, 3.05) is 18.4 Å². The van der Waals surface area contributed by atoms with E-state index in [1.165, 1.54) is 62.7 Å². The van der Waals surface area contributed by atoms with E-state index in [4.69, 9.17) is 0 Å². The zero-order valence-corrected chi connectivity index (χ0v) is 18.5. The molecule has 2 heterocycles. The minimum atomic E-state index is -3.59. The Morgan fingerprint density at radius 1 is 1.17 bits per heavy atom. The van der Waals surface area contributed by atoms with Crippen LogP contribution in [0.5, 0.6) is 0 Å². The second kappa shape index (κ2) is 9.00. The van der Waals surface area contributed by atoms with Crippen LogP contribution < -0.4 is 5.32 Å². The lowest BCUT2D eigenvalue weighted by Crippen LogP contribution is -2.30. The number of nitro groups is 1. The summed E-state index contributed by atoms with van der Waals surface area (Å²) in [5.74, 6) is -0.431. The summed E-state index contributed by atoms with van der Waals surface area (Å²) in [6, 6.07) is 7.13. The Bertz CT molecular complexity index is 1160. The highest BCUT2D eigenvalue weighted by atomic mass is 32.2. The van der Waals surface area contributed by atoms with E-state index in [2.05, 4.69) is 10.3 Å². The van der Waals surface area contributed by atoms with Gasteiger partial charge in [0.2, 0.25) is 10.0 Å². The van der Waals surface area contributed by atoms with Crippen LogP contribution in [0.1, 0.15) is 24.2 Å². The van der Waals surface area contributed by atoms with Gasteiger partial charge in [-0.1, -0.05) is 13.8 Å². The molecule has 158 valence electrons. The highest BCUT2D eigenvalue weighted by Gasteiger charge is 2.22. The molecule has 0 atom stereocenters. The summed E-state index contributed by atoms with van der Waals surface area (Å²) in [6.45, 7) is 4.25. The van der Waals surface area contributed by atoms with Crippen LogP contribution in [0, 0.1) is 10.1 Å². The molecule has 1 amide bonds. The number of nitrogens with one attached hydrogen (secondary N) is 1. The molecule has 9 nitrogen and oxygen atoms in total. The van der Waals surface area contributed by atoms with E-state index < -0.39 is 20.9 Å². The fraction of sp³-hybridized carbons (Fsp3) is 0.222. The Morgan fingerprint density at radius 2 is 1.83 bits per heavy atom. The van der Waals surface area contributed by atoms with Gasteiger partial charge in [-0.25, -0.2) is 13.4 Å². The predicted octanol–water partition coefficient (Wildman–Crippen LogP) is 4.06. The van der Waals surface area contributed by atoms with E-state index in [1.54, 1.807) is 19.2 Å². The fourth-order valence-corrected chi connectivity index (χ4v) is 5.71. The number of hydrogen-bond acceptors (Lipinski definition) is 8. The van der Waals surface area contributed by atoms with Gasteiger partial charge in [-0.15, -0.1) is 22.7 Å². The monoisotopic (exact) mass is 466 g/mol. The maximum atomic E-state index is 12.5. The summed E-state index contributed by atoms with van der Waals surface area (Å²) >= 11 is 2.39. The molecule has 1 N–H and O–H groups in total. The second-order valence-corrected chi connectivity index (χ2v) is 9.74. The van der Waals surface area contributed by atoms with Crippen LogP contribution in [-0.4, -0.2) is 41.6 Å². The number of sulfonamides is 1. The maximum Gasteiger partial charge on any atom is 0.280 e. The predicted molar refractivity (Wildman–Crippen MR) is 117 cm³/mol. The van der Waals surface area contributed by atoms with Gasteiger partial charge in [-0.05, 0) is 24.3 Å². The summed E-state index contributed by atoms with van der Waals surface area (Å²) in [6.07, 6.45) is 0. The molecular weight excluding hydrogens is 448 g/mol. The van der Waals surface area contributed by atoms with Crippen molar-refractivity contribution in [3.8, 4) is 10.6 Å². The average Bonchev–Trinajstić information content (AvgIpc) is 3.38. The van der Waals surface area contributed by atoms with Crippen molar-refractivity contribution in [1.82, 2.24) is 9.29 Å². The minimum Gasteiger partial charge on any atom is -0.298 e. The lowest BCUT2D eigenvalue weighted by Gasteiger charge is -2.18. The highest BCUT2D eigenvalue weighted by Crippen LogP contribution is 2.33. The molecule has 0 saturated carbocycles. The summed E-state index contributed by atoms with van der Waals surface area (Å²) in [4.78, 5) is 27.8. The zero-order valence-electron chi connectivity index (χ0n) is 16.1. The number of amides is 1. The van der Waals surface area contributed by atoms with Crippen molar-refractivity contribution in [1.29, 1.82) is 0 Å². The molecule has 0 aliphatic carbocycles. The number of benzene rings is 1. The third kappa shape index (κ3) is 4.56. The third-order valence-electron chi connectivity index (χ3n) is 4.23. The molecule has 12 heteroatoms. The smallest absolute Gasteiger partial charge is 0.280 e. The number of hydrogen-bond donors (Lipinski definition) is 1. The molecule has 1 aromatic carbocycles. The largest absolute Gasteiger partial charge is 0.298 e. The number of aromatic nitrogens is 1. The van der Waals surface area contributed by atoms with Crippen molar-refractivity contribution in [3.05, 3.63) is 56.8 Å². The first-order valence-electron chi connectivity index (χ1n) is 8.86.